The van der Waals surface area contributed by atoms with Gasteiger partial charge in [-0.15, -0.1) is 0 Å². The van der Waals surface area contributed by atoms with Crippen molar-refractivity contribution >= 4 is 16.9 Å². The Balaban J connectivity index is 0.905. The van der Waals surface area contributed by atoms with Gasteiger partial charge in [0.25, 0.3) is 0 Å². The van der Waals surface area contributed by atoms with Gasteiger partial charge in [0.15, 0.2) is 0 Å². The van der Waals surface area contributed by atoms with Crippen molar-refractivity contribution in [3.05, 3.63) is 112 Å². The fourth-order valence-corrected chi connectivity index (χ4v) is 6.82. The van der Waals surface area contributed by atoms with Gasteiger partial charge in [-0.2, -0.15) is 0 Å². The van der Waals surface area contributed by atoms with Crippen LogP contribution in [0.1, 0.15) is 80.6 Å². The van der Waals surface area contributed by atoms with Crippen molar-refractivity contribution in [1.29, 1.82) is 0 Å². The van der Waals surface area contributed by atoms with E-state index in [1.165, 1.54) is 68.5 Å². The number of aromatic hydroxyl groups is 1. The molecule has 268 valence electrons. The molecule has 50 heavy (non-hydrogen) atoms. The van der Waals surface area contributed by atoms with Crippen LogP contribution in [0.5, 0.6) is 5.75 Å². The Labute approximate surface area is 293 Å². The van der Waals surface area contributed by atoms with Gasteiger partial charge in [0, 0.05) is 18.0 Å². The molecule has 0 saturated carbocycles. The molecule has 1 saturated heterocycles. The molecule has 4 aromatic rings. The first-order chi connectivity index (χ1) is 24.3. The first kappa shape index (κ1) is 37.2. The van der Waals surface area contributed by atoms with E-state index in [2.05, 4.69) is 15.2 Å². The quantitative estimate of drug-likeness (QED) is 0.0643. The number of hydrogen-bond donors (Lipinski definition) is 5. The minimum atomic E-state index is -2.01. The Morgan fingerprint density at radius 3 is 2.28 bits per heavy atom. The SMILES string of the molecule is O=C(OCC1CCN(CCCCCCCCCNC[C@@H](O)c2ccc(O)c3[nH]c(=O)ccc23)CC1)C(O)(c1ccccc1)c1ccc(F)cc1. The van der Waals surface area contributed by atoms with Gasteiger partial charge in [-0.05, 0) is 98.7 Å². The third kappa shape index (κ3) is 9.78. The highest BCUT2D eigenvalue weighted by molar-refractivity contribution is 5.87. The van der Waals surface area contributed by atoms with Crippen molar-refractivity contribution in [2.45, 2.75) is 69.5 Å². The summed E-state index contributed by atoms with van der Waals surface area (Å²) in [5.41, 5.74) is -0.630. The molecule has 1 aliphatic heterocycles. The smallest absolute Gasteiger partial charge is 0.347 e. The number of nitrogens with zero attached hydrogens (tertiary/aromatic N) is 1. The van der Waals surface area contributed by atoms with Crippen LogP contribution < -0.4 is 10.9 Å². The maximum absolute atomic E-state index is 13.6. The lowest BCUT2D eigenvalue weighted by molar-refractivity contribution is -0.164. The van der Waals surface area contributed by atoms with Crippen molar-refractivity contribution in [1.82, 2.24) is 15.2 Å². The van der Waals surface area contributed by atoms with Crippen LogP contribution in [0.4, 0.5) is 4.39 Å². The lowest BCUT2D eigenvalue weighted by Gasteiger charge is -2.33. The Hall–Kier alpha value is -4.09. The molecule has 9 nitrogen and oxygen atoms in total. The maximum Gasteiger partial charge on any atom is 0.347 e. The predicted molar refractivity (Wildman–Crippen MR) is 192 cm³/mol. The first-order valence-electron chi connectivity index (χ1n) is 17.9. The number of phenols is 1. The largest absolute Gasteiger partial charge is 0.506 e. The number of H-pyrrole nitrogens is 1. The van der Waals surface area contributed by atoms with E-state index < -0.39 is 23.5 Å². The molecule has 0 aliphatic carbocycles. The van der Waals surface area contributed by atoms with Gasteiger partial charge < -0.3 is 35.3 Å². The summed E-state index contributed by atoms with van der Waals surface area (Å²) in [6, 6.07) is 20.2. The number of fused-ring (bicyclic) bond motifs is 1. The summed E-state index contributed by atoms with van der Waals surface area (Å²) in [4.78, 5) is 30.0. The molecule has 2 atom stereocenters. The fourth-order valence-electron chi connectivity index (χ4n) is 6.82. The molecule has 5 rings (SSSR count). The zero-order valence-electron chi connectivity index (χ0n) is 28.7. The Morgan fingerprint density at radius 2 is 1.56 bits per heavy atom. The molecule has 3 aromatic carbocycles. The van der Waals surface area contributed by atoms with Crippen LogP contribution in [0.2, 0.25) is 0 Å². The number of aromatic nitrogens is 1. The highest BCUT2D eigenvalue weighted by Gasteiger charge is 2.42. The topological polar surface area (TPSA) is 135 Å². The van der Waals surface area contributed by atoms with Gasteiger partial charge in [0.05, 0.1) is 18.2 Å². The lowest BCUT2D eigenvalue weighted by Crippen LogP contribution is -2.40. The molecule has 1 fully saturated rings. The lowest BCUT2D eigenvalue weighted by atomic mass is 9.86. The van der Waals surface area contributed by atoms with Crippen molar-refractivity contribution in [2.75, 3.05) is 39.3 Å². The van der Waals surface area contributed by atoms with Crippen LogP contribution in [0.15, 0.2) is 83.7 Å². The van der Waals surface area contributed by atoms with Crippen LogP contribution in [-0.4, -0.2) is 70.5 Å². The number of esters is 1. The van der Waals surface area contributed by atoms with E-state index in [1.54, 1.807) is 42.5 Å². The molecule has 1 aliphatic rings. The molecule has 0 radical (unpaired) electrons. The molecule has 1 unspecified atom stereocenters. The highest BCUT2D eigenvalue weighted by atomic mass is 19.1. The summed E-state index contributed by atoms with van der Waals surface area (Å²) < 4.78 is 19.3. The summed E-state index contributed by atoms with van der Waals surface area (Å²) in [5, 5.41) is 36.3. The zero-order chi connectivity index (χ0) is 35.3. The Morgan fingerprint density at radius 1 is 0.900 bits per heavy atom. The van der Waals surface area contributed by atoms with Gasteiger partial charge in [-0.25, -0.2) is 9.18 Å². The summed E-state index contributed by atoms with van der Waals surface area (Å²) in [6.45, 7) is 4.47. The number of phenolic OH excluding ortho intramolecular Hbond substituents is 1. The van der Waals surface area contributed by atoms with E-state index >= 15 is 0 Å². The Bertz CT molecular complexity index is 1710. The predicted octanol–water partition coefficient (Wildman–Crippen LogP) is 5.92. The number of hydrogen-bond acceptors (Lipinski definition) is 8. The van der Waals surface area contributed by atoms with Crippen LogP contribution in [0, 0.1) is 11.7 Å². The van der Waals surface area contributed by atoms with E-state index in [0.29, 0.717) is 28.6 Å². The number of carbonyl (C=O) groups excluding carboxylic acids is 1. The fraction of sp³-hybridized carbons (Fsp3) is 0.450. The number of nitrogens with one attached hydrogen (secondary N) is 2. The Kier molecular flexibility index (Phi) is 13.6. The summed E-state index contributed by atoms with van der Waals surface area (Å²) in [5.74, 6) is -0.961. The number of ether oxygens (including phenoxy) is 1. The molecule has 0 amide bonds. The number of aliphatic hydroxyl groups is 2. The number of aromatic amines is 1. The second-order valence-corrected chi connectivity index (χ2v) is 13.4. The number of likely N-dealkylation sites (tertiary alicyclic amines) is 1. The van der Waals surface area contributed by atoms with E-state index in [4.69, 9.17) is 4.74 Å². The average Bonchev–Trinajstić information content (AvgIpc) is 3.14. The minimum Gasteiger partial charge on any atom is -0.506 e. The summed E-state index contributed by atoms with van der Waals surface area (Å²) >= 11 is 0. The van der Waals surface area contributed by atoms with Crippen molar-refractivity contribution < 1.29 is 29.2 Å². The summed E-state index contributed by atoms with van der Waals surface area (Å²) in [6.07, 6.45) is 9.29. The molecular weight excluding hydrogens is 637 g/mol. The van der Waals surface area contributed by atoms with E-state index in [9.17, 15) is 29.3 Å². The molecule has 10 heteroatoms. The third-order valence-corrected chi connectivity index (χ3v) is 9.84. The number of rotatable bonds is 18. The van der Waals surface area contributed by atoms with Gasteiger partial charge in [0.1, 0.15) is 11.6 Å². The van der Waals surface area contributed by atoms with Gasteiger partial charge >= 0.3 is 5.97 Å². The number of unbranched alkanes of at least 4 members (excludes halogenated alkanes) is 6. The van der Waals surface area contributed by atoms with Crippen LogP contribution in [0.25, 0.3) is 10.9 Å². The second-order valence-electron chi connectivity index (χ2n) is 13.4. The number of benzene rings is 3. The average molecular weight is 688 g/mol. The van der Waals surface area contributed by atoms with Gasteiger partial charge in [-0.3, -0.25) is 4.79 Å². The standard InChI is InChI=1S/C40H50FN3O6/c41-32-15-13-31(14-16-32)40(49,30-11-7-6-8-12-30)39(48)50-28-29-21-25-44(26-22-29)24-10-5-3-1-2-4-9-23-42-27-36(46)33-17-19-35(45)38-34(33)18-20-37(47)43-38/h6-8,11-20,29,36,42,45-46,49H,1-5,9-10,21-28H2,(H,43,47)/t36-,40?/m1/s1. The number of carbonyl (C=O) groups is 1. The highest BCUT2D eigenvalue weighted by Crippen LogP contribution is 2.32. The van der Waals surface area contributed by atoms with Crippen molar-refractivity contribution in [3.63, 3.8) is 0 Å². The number of halogens is 1. The maximum atomic E-state index is 13.6. The minimum absolute atomic E-state index is 0.0135. The molecule has 5 N–H and O–H groups in total. The molecule has 1 aromatic heterocycles. The van der Waals surface area contributed by atoms with Crippen LogP contribution >= 0.6 is 0 Å². The molecule has 0 bridgehead atoms. The molecule has 2 heterocycles. The first-order valence-corrected chi connectivity index (χ1v) is 17.9. The molecular formula is C40H50FN3O6. The van der Waals surface area contributed by atoms with Crippen molar-refractivity contribution in [2.24, 2.45) is 5.92 Å². The second kappa shape index (κ2) is 18.2. The normalized spacial score (nSPS) is 15.9. The number of aliphatic hydroxyl groups excluding tert-OH is 1. The monoisotopic (exact) mass is 687 g/mol. The van der Waals surface area contributed by atoms with Gasteiger partial charge in [-0.1, -0.05) is 80.6 Å². The van der Waals surface area contributed by atoms with Gasteiger partial charge in [0.2, 0.25) is 11.2 Å². The van der Waals surface area contributed by atoms with E-state index in [0.717, 1.165) is 51.9 Å². The van der Waals surface area contributed by atoms with E-state index in [1.807, 2.05) is 0 Å². The van der Waals surface area contributed by atoms with Crippen LogP contribution in [-0.2, 0) is 15.1 Å². The summed E-state index contributed by atoms with van der Waals surface area (Å²) in [7, 11) is 0. The zero-order valence-corrected chi connectivity index (χ0v) is 28.7. The van der Waals surface area contributed by atoms with Crippen molar-refractivity contribution in [3.8, 4) is 5.75 Å². The number of piperidine rings is 1. The number of pyridine rings is 1. The van der Waals surface area contributed by atoms with E-state index in [-0.39, 0.29) is 29.4 Å². The molecule has 0 spiro atoms. The third-order valence-electron chi connectivity index (χ3n) is 9.84. The van der Waals surface area contributed by atoms with Crippen LogP contribution in [0.3, 0.4) is 0 Å².